The molecule has 1 fully saturated rings. The molecule has 28 heavy (non-hydrogen) atoms. The lowest BCUT2D eigenvalue weighted by atomic mass is 10.1. The number of imidazole rings is 1. The number of aliphatic hydroxyl groups excluding tert-OH is 1. The lowest BCUT2D eigenvalue weighted by Gasteiger charge is -2.22. The molecule has 0 aliphatic carbocycles. The summed E-state index contributed by atoms with van der Waals surface area (Å²) in [6.07, 6.45) is -1.15. The summed E-state index contributed by atoms with van der Waals surface area (Å²) < 4.78 is 28.6. The van der Waals surface area contributed by atoms with Crippen LogP contribution in [0.25, 0.3) is 11.2 Å². The Balaban J connectivity index is 1.84. The summed E-state index contributed by atoms with van der Waals surface area (Å²) in [7, 11) is -1.69. The van der Waals surface area contributed by atoms with E-state index in [1.165, 1.54) is 24.3 Å². The third-order valence-corrected chi connectivity index (χ3v) is 4.68. The van der Waals surface area contributed by atoms with E-state index >= 15 is 0 Å². The van der Waals surface area contributed by atoms with Crippen molar-refractivity contribution in [1.29, 1.82) is 0 Å². The van der Waals surface area contributed by atoms with Gasteiger partial charge in [0, 0.05) is 13.5 Å². The van der Waals surface area contributed by atoms with Gasteiger partial charge in [0.1, 0.15) is 30.2 Å². The van der Waals surface area contributed by atoms with Gasteiger partial charge in [-0.15, -0.1) is 0 Å². The van der Waals surface area contributed by atoms with Gasteiger partial charge in [0.2, 0.25) is 5.91 Å². The molecule has 5 atom stereocenters. The van der Waals surface area contributed by atoms with Crippen molar-refractivity contribution >= 4 is 31.1 Å². The Hall–Kier alpha value is -2.15. The van der Waals surface area contributed by atoms with Gasteiger partial charge in [0.25, 0.3) is 0 Å². The van der Waals surface area contributed by atoms with Crippen LogP contribution in [-0.2, 0) is 23.4 Å². The summed E-state index contributed by atoms with van der Waals surface area (Å²) in [5.74, 6) is -0.0459. The second-order valence-corrected chi connectivity index (χ2v) is 6.79. The number of ether oxygens (including phenoxy) is 2. The van der Waals surface area contributed by atoms with Gasteiger partial charge in [-0.2, -0.15) is 0 Å². The van der Waals surface area contributed by atoms with Crippen molar-refractivity contribution in [2.75, 3.05) is 26.0 Å². The van der Waals surface area contributed by atoms with Gasteiger partial charge in [-0.25, -0.2) is 15.0 Å². The van der Waals surface area contributed by atoms with Crippen LogP contribution in [0.2, 0.25) is 0 Å². The van der Waals surface area contributed by atoms with Gasteiger partial charge in [0.15, 0.2) is 17.7 Å². The Morgan fingerprint density at radius 3 is 2.96 bits per heavy atom. The second-order valence-electron chi connectivity index (χ2n) is 5.97. The molecule has 0 spiro atoms. The molecule has 13 nitrogen and oxygen atoms in total. The van der Waals surface area contributed by atoms with Gasteiger partial charge in [0.05, 0.1) is 19.5 Å². The number of carbonyl (C=O) groups is 1. The SMILES string of the molecule is CNC(=O)CCOC1C(O)[C@@H](CO[PH](=O)O)O[C@H]1n1cnc2c(N)ncnc21. The van der Waals surface area contributed by atoms with Crippen molar-refractivity contribution < 1.29 is 33.4 Å². The Bertz CT molecular complexity index is 864. The van der Waals surface area contributed by atoms with E-state index in [9.17, 15) is 14.5 Å². The molecule has 1 saturated heterocycles. The standard InChI is InChI=1S/C14H21N6O7P/c1-16-8(21)2-3-25-11-10(22)7(4-26-28(23)24)27-14(11)20-6-19-9-12(15)17-5-18-13(9)20/h5-7,10-11,14,22,28H,2-4H2,1H3,(H,16,21)(H,23,24)(H2,15,17,18)/t7-,10?,11?,14-/m1/s1. The summed E-state index contributed by atoms with van der Waals surface area (Å²) >= 11 is 0. The Kier molecular flexibility index (Phi) is 6.54. The molecule has 2 aromatic rings. The Morgan fingerprint density at radius 2 is 2.25 bits per heavy atom. The van der Waals surface area contributed by atoms with Gasteiger partial charge in [-0.3, -0.25) is 13.9 Å². The number of nitrogen functional groups attached to an aromatic ring is 1. The molecule has 0 radical (unpaired) electrons. The molecule has 2 aromatic heterocycles. The third kappa shape index (κ3) is 4.29. The van der Waals surface area contributed by atoms with Crippen molar-refractivity contribution in [3.8, 4) is 0 Å². The Labute approximate surface area is 159 Å². The van der Waals surface area contributed by atoms with Crippen molar-refractivity contribution in [1.82, 2.24) is 24.8 Å². The maximum Gasteiger partial charge on any atom is 0.316 e. The van der Waals surface area contributed by atoms with Crippen LogP contribution in [0.1, 0.15) is 12.6 Å². The summed E-state index contributed by atoms with van der Waals surface area (Å²) in [5.41, 5.74) is 6.51. The maximum absolute atomic E-state index is 11.4. The van der Waals surface area contributed by atoms with Crippen LogP contribution in [0.4, 0.5) is 5.82 Å². The zero-order valence-electron chi connectivity index (χ0n) is 14.9. The molecule has 3 rings (SSSR count). The molecule has 154 valence electrons. The lowest BCUT2D eigenvalue weighted by molar-refractivity contribution is -0.123. The largest absolute Gasteiger partial charge is 0.387 e. The molecule has 5 N–H and O–H groups in total. The Morgan fingerprint density at radius 1 is 1.46 bits per heavy atom. The minimum atomic E-state index is -3.19. The number of carbonyl (C=O) groups excluding carboxylic acids is 1. The normalized spacial score (nSPS) is 25.8. The number of nitrogens with two attached hydrogens (primary N) is 1. The summed E-state index contributed by atoms with van der Waals surface area (Å²) in [6.45, 7) is -0.291. The van der Waals surface area contributed by atoms with E-state index in [1.54, 1.807) is 0 Å². The highest BCUT2D eigenvalue weighted by Gasteiger charge is 2.46. The number of aliphatic hydroxyl groups is 1. The second kappa shape index (κ2) is 8.90. The molecule has 1 aliphatic rings. The van der Waals surface area contributed by atoms with Crippen molar-refractivity contribution in [3.63, 3.8) is 0 Å². The first-order chi connectivity index (χ1) is 13.4. The van der Waals surface area contributed by atoms with Crippen LogP contribution >= 0.6 is 8.25 Å². The summed E-state index contributed by atoms with van der Waals surface area (Å²) in [5, 5.41) is 13.1. The lowest BCUT2D eigenvalue weighted by Crippen LogP contribution is -2.36. The molecular weight excluding hydrogens is 395 g/mol. The molecule has 0 bridgehead atoms. The average molecular weight is 416 g/mol. The van der Waals surface area contributed by atoms with Crippen LogP contribution in [-0.4, -0.2) is 74.0 Å². The average Bonchev–Trinajstić information content (AvgIpc) is 3.22. The first-order valence-electron chi connectivity index (χ1n) is 8.36. The summed E-state index contributed by atoms with van der Waals surface area (Å²) in [6, 6.07) is 0. The zero-order valence-corrected chi connectivity index (χ0v) is 15.9. The fourth-order valence-corrected chi connectivity index (χ4v) is 3.19. The molecule has 14 heteroatoms. The highest BCUT2D eigenvalue weighted by Crippen LogP contribution is 2.35. The van der Waals surface area contributed by atoms with E-state index in [1.807, 2.05) is 0 Å². The van der Waals surface area contributed by atoms with Gasteiger partial charge in [-0.05, 0) is 0 Å². The minimum Gasteiger partial charge on any atom is -0.387 e. The smallest absolute Gasteiger partial charge is 0.316 e. The van der Waals surface area contributed by atoms with E-state index < -0.39 is 32.8 Å². The van der Waals surface area contributed by atoms with Gasteiger partial charge in [-0.1, -0.05) is 0 Å². The monoisotopic (exact) mass is 416 g/mol. The van der Waals surface area contributed by atoms with E-state index in [2.05, 4.69) is 20.3 Å². The number of fused-ring (bicyclic) bond motifs is 1. The van der Waals surface area contributed by atoms with E-state index in [4.69, 9.17) is 24.6 Å². The molecule has 3 unspecified atom stereocenters. The number of amides is 1. The fraction of sp³-hybridized carbons (Fsp3) is 0.571. The highest BCUT2D eigenvalue weighted by molar-refractivity contribution is 7.32. The number of hydrogen-bond donors (Lipinski definition) is 4. The molecule has 1 amide bonds. The van der Waals surface area contributed by atoms with Crippen LogP contribution in [0.15, 0.2) is 12.7 Å². The van der Waals surface area contributed by atoms with Crippen LogP contribution < -0.4 is 11.1 Å². The molecule has 0 aromatic carbocycles. The van der Waals surface area contributed by atoms with Crippen LogP contribution in [0, 0.1) is 0 Å². The number of nitrogens with zero attached hydrogens (tertiary/aromatic N) is 4. The quantitative estimate of drug-likeness (QED) is 0.371. The predicted octanol–water partition coefficient (Wildman–Crippen LogP) is -1.41. The predicted molar refractivity (Wildman–Crippen MR) is 95.2 cm³/mol. The topological polar surface area (TPSA) is 184 Å². The number of rotatable bonds is 8. The molecule has 3 heterocycles. The minimum absolute atomic E-state index is 0.0230. The first kappa shape index (κ1) is 20.6. The van der Waals surface area contributed by atoms with E-state index in [0.29, 0.717) is 11.2 Å². The first-order valence-corrected chi connectivity index (χ1v) is 9.63. The van der Waals surface area contributed by atoms with Crippen molar-refractivity contribution in [2.45, 2.75) is 31.0 Å². The molecule has 1 aliphatic heterocycles. The van der Waals surface area contributed by atoms with Crippen molar-refractivity contribution in [2.24, 2.45) is 0 Å². The van der Waals surface area contributed by atoms with Crippen LogP contribution in [0.3, 0.4) is 0 Å². The van der Waals surface area contributed by atoms with Gasteiger partial charge < -0.3 is 35.0 Å². The van der Waals surface area contributed by atoms with E-state index in [-0.39, 0.29) is 31.4 Å². The number of nitrogens with one attached hydrogen (secondary N) is 1. The number of anilines is 1. The molecule has 0 saturated carbocycles. The zero-order chi connectivity index (χ0) is 20.3. The molecular formula is C14H21N6O7P. The summed E-state index contributed by atoms with van der Waals surface area (Å²) in [4.78, 5) is 32.5. The highest BCUT2D eigenvalue weighted by atomic mass is 31.1. The van der Waals surface area contributed by atoms with Gasteiger partial charge >= 0.3 is 8.25 Å². The van der Waals surface area contributed by atoms with Crippen molar-refractivity contribution in [3.05, 3.63) is 12.7 Å². The van der Waals surface area contributed by atoms with Crippen LogP contribution in [0.5, 0.6) is 0 Å². The van der Waals surface area contributed by atoms with E-state index in [0.717, 1.165) is 0 Å². The third-order valence-electron chi connectivity index (χ3n) is 4.26. The number of hydrogen-bond acceptors (Lipinski definition) is 10. The maximum atomic E-state index is 11.4. The fourth-order valence-electron chi connectivity index (χ4n) is 2.88. The number of aromatic nitrogens is 4.